The molecule has 0 saturated heterocycles. The van der Waals surface area contributed by atoms with Crippen molar-refractivity contribution >= 4 is 57.5 Å². The number of carbonyl (C=O) groups excluding carboxylic acids is 2. The number of thiophene rings is 2. The van der Waals surface area contributed by atoms with E-state index in [2.05, 4.69) is 111 Å². The number of Topliss-reactive ketones (excluding diaryl/α,β-unsaturated/α-hetero) is 2. The Hall–Kier alpha value is -4.91. The van der Waals surface area contributed by atoms with Gasteiger partial charge in [-0.3, -0.25) is 14.5 Å². The molecule has 0 amide bonds. The van der Waals surface area contributed by atoms with Crippen LogP contribution in [0.4, 0.5) is 17.2 Å². The second-order valence-corrected chi connectivity index (χ2v) is 15.4. The smallest absolute Gasteiger partial charge is 0.198 e. The SMILES string of the molecule is CC1(C)c2ccccc2-c2ccc(N(c3ccccc3)c3cc4c(cn3)-c3sc(C=C5C(=O)c6cscc6C5=O)cc3C4(C)C)cc21. The Morgan fingerprint density at radius 1 is 0.638 bits per heavy atom. The summed E-state index contributed by atoms with van der Waals surface area (Å²) in [7, 11) is 0. The van der Waals surface area contributed by atoms with Crippen LogP contribution in [0.3, 0.4) is 0 Å². The minimum absolute atomic E-state index is 0.113. The Labute approximate surface area is 281 Å². The zero-order valence-electron chi connectivity index (χ0n) is 26.4. The van der Waals surface area contributed by atoms with Gasteiger partial charge >= 0.3 is 0 Å². The van der Waals surface area contributed by atoms with Crippen LogP contribution in [0.5, 0.6) is 0 Å². The second-order valence-electron chi connectivity index (χ2n) is 13.6. The van der Waals surface area contributed by atoms with Gasteiger partial charge in [0.2, 0.25) is 0 Å². The molecule has 9 rings (SSSR count). The molecule has 3 heterocycles. The Bertz CT molecular complexity index is 2320. The monoisotopic (exact) mass is 646 g/mol. The number of allylic oxidation sites excluding steroid dienone is 1. The zero-order valence-corrected chi connectivity index (χ0v) is 28.1. The number of para-hydroxylation sites is 1. The van der Waals surface area contributed by atoms with Gasteiger partial charge in [-0.25, -0.2) is 4.98 Å². The Balaban J connectivity index is 1.13. The number of pyridine rings is 1. The fraction of sp³-hybridized carbons (Fsp3) is 0.146. The van der Waals surface area contributed by atoms with Crippen molar-refractivity contribution in [3.05, 3.63) is 146 Å². The average molecular weight is 647 g/mol. The summed E-state index contributed by atoms with van der Waals surface area (Å²) in [5.74, 6) is 0.512. The van der Waals surface area contributed by atoms with Gasteiger partial charge in [0.05, 0.1) is 5.57 Å². The summed E-state index contributed by atoms with van der Waals surface area (Å²) in [4.78, 5) is 35.4. The summed E-state index contributed by atoms with van der Waals surface area (Å²) in [5.41, 5.74) is 11.8. The molecule has 6 heteroatoms. The van der Waals surface area contributed by atoms with Crippen LogP contribution in [0.25, 0.3) is 27.6 Å². The predicted octanol–water partition coefficient (Wildman–Crippen LogP) is 10.7. The van der Waals surface area contributed by atoms with Gasteiger partial charge < -0.3 is 0 Å². The van der Waals surface area contributed by atoms with Gasteiger partial charge in [0.25, 0.3) is 0 Å². The van der Waals surface area contributed by atoms with Crippen molar-refractivity contribution in [3.8, 4) is 21.6 Å². The third kappa shape index (κ3) is 3.95. The van der Waals surface area contributed by atoms with E-state index in [0.717, 1.165) is 32.5 Å². The number of hydrogen-bond acceptors (Lipinski definition) is 6. The highest BCUT2D eigenvalue weighted by Crippen LogP contribution is 2.54. The van der Waals surface area contributed by atoms with E-state index >= 15 is 0 Å². The number of rotatable bonds is 4. The molecule has 3 aliphatic carbocycles. The number of fused-ring (bicyclic) bond motifs is 7. The minimum Gasteiger partial charge on any atom is -0.295 e. The normalized spacial score (nSPS) is 16.0. The first-order valence-electron chi connectivity index (χ1n) is 15.8. The van der Waals surface area contributed by atoms with Crippen LogP contribution < -0.4 is 4.90 Å². The van der Waals surface area contributed by atoms with E-state index in [9.17, 15) is 9.59 Å². The first kappa shape index (κ1) is 28.3. The summed E-state index contributed by atoms with van der Waals surface area (Å²) in [6.45, 7) is 9.11. The molecule has 3 aliphatic rings. The van der Waals surface area contributed by atoms with E-state index in [1.807, 2.05) is 12.3 Å². The Morgan fingerprint density at radius 2 is 1.30 bits per heavy atom. The van der Waals surface area contributed by atoms with Gasteiger partial charge in [0.1, 0.15) is 5.82 Å². The van der Waals surface area contributed by atoms with Crippen molar-refractivity contribution < 1.29 is 9.59 Å². The zero-order chi connectivity index (χ0) is 32.2. The quantitative estimate of drug-likeness (QED) is 0.141. The number of aromatic nitrogens is 1. The predicted molar refractivity (Wildman–Crippen MR) is 193 cm³/mol. The highest BCUT2D eigenvalue weighted by atomic mass is 32.1. The minimum atomic E-state index is -0.290. The van der Waals surface area contributed by atoms with Crippen LogP contribution in [0, 0.1) is 0 Å². The number of benzene rings is 3. The van der Waals surface area contributed by atoms with E-state index in [-0.39, 0.29) is 28.0 Å². The van der Waals surface area contributed by atoms with Crippen molar-refractivity contribution in [3.63, 3.8) is 0 Å². The molecule has 0 aliphatic heterocycles. The highest BCUT2D eigenvalue weighted by molar-refractivity contribution is 7.16. The summed E-state index contributed by atoms with van der Waals surface area (Å²) in [6, 6.07) is 30.4. The molecule has 0 spiro atoms. The largest absolute Gasteiger partial charge is 0.295 e. The summed E-state index contributed by atoms with van der Waals surface area (Å²) in [5, 5.41) is 3.55. The fourth-order valence-corrected chi connectivity index (χ4v) is 9.79. The summed E-state index contributed by atoms with van der Waals surface area (Å²) >= 11 is 3.02. The molecule has 0 bridgehead atoms. The van der Waals surface area contributed by atoms with Gasteiger partial charge in [-0.2, -0.15) is 11.3 Å². The van der Waals surface area contributed by atoms with Crippen molar-refractivity contribution in [2.75, 3.05) is 4.90 Å². The lowest BCUT2D eigenvalue weighted by Gasteiger charge is -2.28. The molecular weight excluding hydrogens is 617 g/mol. The third-order valence-corrected chi connectivity index (χ3v) is 12.1. The van der Waals surface area contributed by atoms with Gasteiger partial charge in [-0.15, -0.1) is 11.3 Å². The lowest BCUT2D eigenvalue weighted by molar-refractivity contribution is 0.0990. The lowest BCUT2D eigenvalue weighted by atomic mass is 9.82. The number of ketones is 2. The Morgan fingerprint density at radius 3 is 2.06 bits per heavy atom. The van der Waals surface area contributed by atoms with Crippen LogP contribution in [0.1, 0.15) is 75.5 Å². The molecule has 6 aromatic rings. The average Bonchev–Trinajstić information content (AvgIpc) is 3.86. The van der Waals surface area contributed by atoms with Gasteiger partial charge in [0, 0.05) is 65.6 Å². The third-order valence-electron chi connectivity index (χ3n) is 10.2. The maximum Gasteiger partial charge on any atom is 0.198 e. The number of anilines is 3. The molecule has 0 atom stereocenters. The van der Waals surface area contributed by atoms with Crippen LogP contribution in [0.2, 0.25) is 0 Å². The fourth-order valence-electron chi connectivity index (χ4n) is 7.69. The molecule has 0 N–H and O–H groups in total. The van der Waals surface area contributed by atoms with E-state index in [1.54, 1.807) is 28.2 Å². The van der Waals surface area contributed by atoms with Crippen molar-refractivity contribution in [1.29, 1.82) is 0 Å². The van der Waals surface area contributed by atoms with Gasteiger partial charge in [0.15, 0.2) is 11.6 Å². The van der Waals surface area contributed by atoms with E-state index in [4.69, 9.17) is 4.98 Å². The molecule has 0 fully saturated rings. The van der Waals surface area contributed by atoms with E-state index in [0.29, 0.717) is 11.1 Å². The van der Waals surface area contributed by atoms with Gasteiger partial charge in [-0.1, -0.05) is 76.2 Å². The van der Waals surface area contributed by atoms with Crippen LogP contribution >= 0.6 is 22.7 Å². The standard InChI is InChI=1S/C41H30N2O2S2/c1-40(2)32-13-9-8-12-26(32)27-15-14-24(16-33(27)40)43(23-10-6-5-7-11-23)36-19-34-29(20-42-36)39-35(41(34,3)4)18-25(47-39)17-28-37(44)30-21-46-22-31(30)38(28)45/h5-22H,1-4H3. The number of hydrogen-bond donors (Lipinski definition) is 0. The molecule has 0 radical (unpaired) electrons. The maximum atomic E-state index is 13.0. The highest BCUT2D eigenvalue weighted by Gasteiger charge is 2.40. The molecule has 0 unspecified atom stereocenters. The molecular formula is C41H30N2O2S2. The van der Waals surface area contributed by atoms with E-state index < -0.39 is 0 Å². The Kier molecular flexibility index (Phi) is 5.91. The first-order chi connectivity index (χ1) is 22.6. The van der Waals surface area contributed by atoms with Crippen LogP contribution in [0.15, 0.2) is 107 Å². The van der Waals surface area contributed by atoms with Gasteiger partial charge in [-0.05, 0) is 75.9 Å². The van der Waals surface area contributed by atoms with Crippen LogP contribution in [-0.2, 0) is 10.8 Å². The number of nitrogens with zero attached hydrogens (tertiary/aromatic N) is 2. The van der Waals surface area contributed by atoms with Crippen molar-refractivity contribution in [2.24, 2.45) is 0 Å². The van der Waals surface area contributed by atoms with Crippen LogP contribution in [-0.4, -0.2) is 16.6 Å². The first-order valence-corrected chi connectivity index (χ1v) is 17.5. The molecule has 0 saturated carbocycles. The molecule has 3 aromatic carbocycles. The topological polar surface area (TPSA) is 50.3 Å². The van der Waals surface area contributed by atoms with Crippen molar-refractivity contribution in [2.45, 2.75) is 38.5 Å². The second kappa shape index (κ2) is 9.80. The summed E-state index contributed by atoms with van der Waals surface area (Å²) in [6.07, 6.45) is 3.78. The molecule has 4 nitrogen and oxygen atoms in total. The molecule has 3 aromatic heterocycles. The lowest BCUT2D eigenvalue weighted by Crippen LogP contribution is -2.18. The maximum absolute atomic E-state index is 13.0. The summed E-state index contributed by atoms with van der Waals surface area (Å²) < 4.78 is 0. The number of carbonyl (C=O) groups is 2. The van der Waals surface area contributed by atoms with E-state index in [1.165, 1.54) is 44.7 Å². The van der Waals surface area contributed by atoms with Crippen molar-refractivity contribution in [1.82, 2.24) is 4.98 Å². The molecule has 47 heavy (non-hydrogen) atoms. The molecule has 228 valence electrons.